The molecule has 1 N–H and O–H groups in total. The van der Waals surface area contributed by atoms with Crippen molar-refractivity contribution in [3.05, 3.63) is 29.5 Å². The molecule has 0 amide bonds. The second kappa shape index (κ2) is 6.69. The van der Waals surface area contributed by atoms with Crippen LogP contribution in [0.2, 0.25) is 0 Å². The molecule has 0 saturated carbocycles. The molecule has 4 heteroatoms. The summed E-state index contributed by atoms with van der Waals surface area (Å²) < 4.78 is 0.827. The molecule has 0 aromatic carbocycles. The lowest BCUT2D eigenvalue weighted by Gasteiger charge is -2.11. The molecule has 0 saturated heterocycles. The van der Waals surface area contributed by atoms with E-state index in [-0.39, 0.29) is 5.88 Å². The summed E-state index contributed by atoms with van der Waals surface area (Å²) in [7, 11) is 0. The third-order valence-electron chi connectivity index (χ3n) is 2.41. The largest absolute Gasteiger partial charge is 0.493 e. The van der Waals surface area contributed by atoms with Crippen LogP contribution in [0.3, 0.4) is 0 Å². The van der Waals surface area contributed by atoms with Crippen LogP contribution in [0, 0.1) is 5.92 Å². The van der Waals surface area contributed by atoms with Gasteiger partial charge >= 0.3 is 0 Å². The first-order chi connectivity index (χ1) is 8.40. The van der Waals surface area contributed by atoms with E-state index in [4.69, 9.17) is 0 Å². The second-order valence-corrected chi connectivity index (χ2v) is 5.89. The van der Waals surface area contributed by atoms with E-state index in [1.54, 1.807) is 12.3 Å². The predicted molar refractivity (Wildman–Crippen MR) is 80.0 cm³/mol. The maximum absolute atomic E-state index is 9.23. The van der Waals surface area contributed by atoms with Gasteiger partial charge in [-0.25, -0.2) is 9.98 Å². The van der Waals surface area contributed by atoms with Crippen molar-refractivity contribution in [1.29, 1.82) is 0 Å². The molecule has 18 heavy (non-hydrogen) atoms. The molecule has 1 aromatic rings. The Bertz CT molecular complexity index is 457. The van der Waals surface area contributed by atoms with E-state index in [1.807, 2.05) is 13.0 Å². The summed E-state index contributed by atoms with van der Waals surface area (Å²) in [5.74, 6) is 0.607. The highest BCUT2D eigenvalue weighted by molar-refractivity contribution is 9.18. The Balaban J connectivity index is 3.21. The number of aromatic nitrogens is 1. The summed E-state index contributed by atoms with van der Waals surface area (Å²) in [6.45, 7) is 8.35. The highest BCUT2D eigenvalue weighted by Crippen LogP contribution is 2.25. The van der Waals surface area contributed by atoms with E-state index in [0.717, 1.165) is 22.3 Å². The van der Waals surface area contributed by atoms with Crippen molar-refractivity contribution in [3.63, 3.8) is 0 Å². The van der Waals surface area contributed by atoms with Gasteiger partial charge in [0.2, 0.25) is 5.88 Å². The second-order valence-electron chi connectivity index (χ2n) is 4.74. The molecule has 0 radical (unpaired) electrons. The van der Waals surface area contributed by atoms with Crippen LogP contribution in [0.1, 0.15) is 39.7 Å². The quantitative estimate of drug-likeness (QED) is 0.839. The first-order valence-electron chi connectivity index (χ1n) is 5.96. The van der Waals surface area contributed by atoms with Crippen LogP contribution in [-0.2, 0) is 0 Å². The Morgan fingerprint density at radius 3 is 2.50 bits per heavy atom. The van der Waals surface area contributed by atoms with Crippen molar-refractivity contribution in [2.24, 2.45) is 10.9 Å². The predicted octanol–water partition coefficient (Wildman–Crippen LogP) is 4.38. The maximum atomic E-state index is 9.23. The Kier molecular flexibility index (Phi) is 5.54. The monoisotopic (exact) mass is 310 g/mol. The number of halogens is 1. The standard InChI is InChI=1S/C14H19BrN2O/c1-9(2)7-10(3)14(17-11(4)15)12-5-6-13(18)16-8-12/h5-6,8-9H,7H2,1-4H3,(H,16,18)/b14-10+,17-11+. The minimum atomic E-state index is 0.0270. The Labute approximate surface area is 117 Å². The first kappa shape index (κ1) is 14.9. The molecule has 0 bridgehead atoms. The summed E-state index contributed by atoms with van der Waals surface area (Å²) in [6, 6.07) is 3.41. The molecule has 98 valence electrons. The molecule has 0 fully saturated rings. The van der Waals surface area contributed by atoms with Gasteiger partial charge in [-0.05, 0) is 53.8 Å². The highest BCUT2D eigenvalue weighted by Gasteiger charge is 2.08. The molecule has 0 aliphatic heterocycles. The number of rotatable bonds is 4. The Morgan fingerprint density at radius 2 is 2.06 bits per heavy atom. The fourth-order valence-electron chi connectivity index (χ4n) is 1.80. The summed E-state index contributed by atoms with van der Waals surface area (Å²) in [4.78, 5) is 8.43. The van der Waals surface area contributed by atoms with Crippen molar-refractivity contribution >= 4 is 26.2 Å². The van der Waals surface area contributed by atoms with Crippen molar-refractivity contribution in [2.45, 2.75) is 34.1 Å². The summed E-state index contributed by atoms with van der Waals surface area (Å²) in [5, 5.41) is 9.23. The Hall–Kier alpha value is -1.16. The number of nitrogens with zero attached hydrogens (tertiary/aromatic N) is 2. The fraction of sp³-hybridized carbons (Fsp3) is 0.429. The number of pyridine rings is 1. The van der Waals surface area contributed by atoms with Crippen LogP contribution < -0.4 is 0 Å². The van der Waals surface area contributed by atoms with Crippen LogP contribution in [0.15, 0.2) is 28.9 Å². The van der Waals surface area contributed by atoms with E-state index in [9.17, 15) is 5.11 Å². The number of aromatic hydroxyl groups is 1. The van der Waals surface area contributed by atoms with Gasteiger partial charge in [0, 0.05) is 17.8 Å². The van der Waals surface area contributed by atoms with Crippen molar-refractivity contribution in [3.8, 4) is 5.88 Å². The molecule has 0 aliphatic rings. The average molecular weight is 311 g/mol. The minimum absolute atomic E-state index is 0.0270. The van der Waals surface area contributed by atoms with E-state index in [0.29, 0.717) is 5.92 Å². The highest BCUT2D eigenvalue weighted by atomic mass is 79.9. The first-order valence-corrected chi connectivity index (χ1v) is 6.75. The third kappa shape index (κ3) is 4.61. The SMILES string of the molecule is C/C(Br)=N\C(=C(/C)CC(C)C)c1ccc(O)nc1. The maximum Gasteiger partial charge on any atom is 0.210 e. The summed E-state index contributed by atoms with van der Waals surface area (Å²) >= 11 is 3.37. The molecule has 1 rings (SSSR count). The minimum Gasteiger partial charge on any atom is -0.493 e. The smallest absolute Gasteiger partial charge is 0.210 e. The van der Waals surface area contributed by atoms with Gasteiger partial charge in [-0.2, -0.15) is 0 Å². The van der Waals surface area contributed by atoms with Gasteiger partial charge in [0.1, 0.15) is 0 Å². The lowest BCUT2D eigenvalue weighted by Crippen LogP contribution is -1.94. The van der Waals surface area contributed by atoms with Gasteiger partial charge in [0.05, 0.1) is 10.3 Å². The van der Waals surface area contributed by atoms with E-state index < -0.39 is 0 Å². The van der Waals surface area contributed by atoms with Gasteiger partial charge in [0.15, 0.2) is 0 Å². The van der Waals surface area contributed by atoms with E-state index in [2.05, 4.69) is 46.7 Å². The molecule has 1 heterocycles. The van der Waals surface area contributed by atoms with Gasteiger partial charge < -0.3 is 5.11 Å². The van der Waals surface area contributed by atoms with Crippen LogP contribution in [0.4, 0.5) is 0 Å². The topological polar surface area (TPSA) is 45.5 Å². The average Bonchev–Trinajstić information content (AvgIpc) is 2.26. The molecule has 1 aromatic heterocycles. The lowest BCUT2D eigenvalue weighted by atomic mass is 10.00. The van der Waals surface area contributed by atoms with Gasteiger partial charge in [-0.1, -0.05) is 13.8 Å². The zero-order valence-electron chi connectivity index (χ0n) is 11.2. The van der Waals surface area contributed by atoms with Crippen molar-refractivity contribution in [2.75, 3.05) is 0 Å². The van der Waals surface area contributed by atoms with Crippen LogP contribution in [-0.4, -0.2) is 14.7 Å². The molecular weight excluding hydrogens is 292 g/mol. The van der Waals surface area contributed by atoms with Gasteiger partial charge in [0.25, 0.3) is 0 Å². The number of allylic oxidation sites excluding steroid dienone is 1. The van der Waals surface area contributed by atoms with Crippen LogP contribution >= 0.6 is 15.9 Å². The molecule has 0 aliphatic carbocycles. The zero-order valence-corrected chi connectivity index (χ0v) is 12.8. The number of hydrogen-bond donors (Lipinski definition) is 1. The normalized spacial score (nSPS) is 13.8. The lowest BCUT2D eigenvalue weighted by molar-refractivity contribution is 0.453. The molecule has 0 spiro atoms. The molecule has 0 atom stereocenters. The van der Waals surface area contributed by atoms with Gasteiger partial charge in [-0.15, -0.1) is 0 Å². The van der Waals surface area contributed by atoms with E-state index >= 15 is 0 Å². The van der Waals surface area contributed by atoms with Crippen LogP contribution in [0.25, 0.3) is 5.70 Å². The molecule has 3 nitrogen and oxygen atoms in total. The summed E-state index contributed by atoms with van der Waals surface area (Å²) in [6.07, 6.45) is 2.63. The van der Waals surface area contributed by atoms with E-state index in [1.165, 1.54) is 5.57 Å². The van der Waals surface area contributed by atoms with Gasteiger partial charge in [-0.3, -0.25) is 0 Å². The third-order valence-corrected chi connectivity index (χ3v) is 2.58. The summed E-state index contributed by atoms with van der Waals surface area (Å²) in [5.41, 5.74) is 3.06. The molecular formula is C14H19BrN2O. The zero-order chi connectivity index (χ0) is 13.7. The van der Waals surface area contributed by atoms with Crippen molar-refractivity contribution in [1.82, 2.24) is 4.98 Å². The number of hydrogen-bond acceptors (Lipinski definition) is 3. The number of aliphatic imine (C=N–C) groups is 1. The van der Waals surface area contributed by atoms with Crippen LogP contribution in [0.5, 0.6) is 5.88 Å². The van der Waals surface area contributed by atoms with Crippen molar-refractivity contribution < 1.29 is 5.11 Å². The fourth-order valence-corrected chi connectivity index (χ4v) is 1.97. The molecule has 0 unspecified atom stereocenters. The Morgan fingerprint density at radius 1 is 1.39 bits per heavy atom.